The van der Waals surface area contributed by atoms with Gasteiger partial charge in [-0.25, -0.2) is 0 Å². The topological polar surface area (TPSA) is 59.9 Å². The number of guanidine groups is 1. The van der Waals surface area contributed by atoms with Crippen LogP contribution < -0.4 is 10.6 Å². The van der Waals surface area contributed by atoms with Gasteiger partial charge in [-0.3, -0.25) is 4.99 Å². The number of likely N-dealkylation sites (N-methyl/N-ethyl adjacent to an activating group) is 1. The molecule has 132 valence electrons. The van der Waals surface area contributed by atoms with E-state index in [1.807, 2.05) is 12.1 Å². The number of aliphatic hydroxyl groups is 1. The molecule has 2 aromatic rings. The molecule has 0 aliphatic carbocycles. The molecule has 0 fully saturated rings. The summed E-state index contributed by atoms with van der Waals surface area (Å²) in [6.07, 6.45) is -0.538. The van der Waals surface area contributed by atoms with E-state index in [4.69, 9.17) is 0 Å². The minimum atomic E-state index is -0.538. The lowest BCUT2D eigenvalue weighted by molar-refractivity contribution is 0.184. The maximum absolute atomic E-state index is 10.4. The number of aliphatic hydroxyl groups excluding tert-OH is 1. The van der Waals surface area contributed by atoms with Crippen molar-refractivity contribution in [2.45, 2.75) is 20.0 Å². The Kier molecular flexibility index (Phi) is 7.49. The van der Waals surface area contributed by atoms with Crippen LogP contribution >= 0.6 is 11.3 Å². The fourth-order valence-corrected chi connectivity index (χ4v) is 3.60. The maximum atomic E-state index is 10.4. The highest BCUT2D eigenvalue weighted by molar-refractivity contribution is 7.19. The summed E-state index contributed by atoms with van der Waals surface area (Å²) in [6.45, 7) is 8.68. The van der Waals surface area contributed by atoms with E-state index in [9.17, 15) is 5.11 Å². The molecule has 2 rings (SSSR count). The highest BCUT2D eigenvalue weighted by Crippen LogP contribution is 2.29. The molecular formula is C18H28N4OS. The standard InChI is InChI=1S/C18H28N4OS/c1-4-22(5-2)11-10-20-18(19-3)21-13-15(23)17-12-14-8-6-7-9-16(14)24-17/h6-9,12,15,23H,4-5,10-11,13H2,1-3H3,(H2,19,20,21). The first-order valence-corrected chi connectivity index (χ1v) is 9.33. The van der Waals surface area contributed by atoms with Crippen LogP contribution in [0.2, 0.25) is 0 Å². The molecule has 1 aromatic carbocycles. The minimum Gasteiger partial charge on any atom is -0.386 e. The van der Waals surface area contributed by atoms with Gasteiger partial charge in [0.05, 0.1) is 0 Å². The Morgan fingerprint density at radius 2 is 2.00 bits per heavy atom. The Hall–Kier alpha value is -1.63. The van der Waals surface area contributed by atoms with E-state index >= 15 is 0 Å². The highest BCUT2D eigenvalue weighted by atomic mass is 32.1. The molecule has 1 aromatic heterocycles. The zero-order chi connectivity index (χ0) is 17.4. The fraction of sp³-hybridized carbons (Fsp3) is 0.500. The predicted molar refractivity (Wildman–Crippen MR) is 104 cm³/mol. The number of thiophene rings is 1. The molecule has 5 nitrogen and oxygen atoms in total. The van der Waals surface area contributed by atoms with Crippen LogP contribution in [0.4, 0.5) is 0 Å². The summed E-state index contributed by atoms with van der Waals surface area (Å²) in [6, 6.07) is 10.3. The van der Waals surface area contributed by atoms with Crippen molar-refractivity contribution < 1.29 is 5.11 Å². The normalized spacial score (nSPS) is 13.5. The van der Waals surface area contributed by atoms with Crippen molar-refractivity contribution in [1.29, 1.82) is 0 Å². The predicted octanol–water partition coefficient (Wildman–Crippen LogP) is 2.44. The zero-order valence-electron chi connectivity index (χ0n) is 14.7. The molecule has 1 unspecified atom stereocenters. The van der Waals surface area contributed by atoms with Gasteiger partial charge in [-0.15, -0.1) is 11.3 Å². The Labute approximate surface area is 148 Å². The summed E-state index contributed by atoms with van der Waals surface area (Å²) in [7, 11) is 1.75. The number of hydrogen-bond acceptors (Lipinski definition) is 4. The van der Waals surface area contributed by atoms with Gasteiger partial charge in [0.25, 0.3) is 0 Å². The van der Waals surface area contributed by atoms with Gasteiger partial charge >= 0.3 is 0 Å². The minimum absolute atomic E-state index is 0.442. The third kappa shape index (κ3) is 5.19. The van der Waals surface area contributed by atoms with Crippen molar-refractivity contribution in [2.24, 2.45) is 4.99 Å². The molecule has 24 heavy (non-hydrogen) atoms. The van der Waals surface area contributed by atoms with Crippen LogP contribution in [0.5, 0.6) is 0 Å². The number of hydrogen-bond donors (Lipinski definition) is 3. The smallest absolute Gasteiger partial charge is 0.191 e. The van der Waals surface area contributed by atoms with Crippen molar-refractivity contribution in [3.8, 4) is 0 Å². The van der Waals surface area contributed by atoms with Gasteiger partial charge in [0, 0.05) is 36.3 Å². The molecule has 0 radical (unpaired) electrons. The first-order valence-electron chi connectivity index (χ1n) is 8.51. The lowest BCUT2D eigenvalue weighted by atomic mass is 10.2. The van der Waals surface area contributed by atoms with Crippen LogP contribution in [0.25, 0.3) is 10.1 Å². The van der Waals surface area contributed by atoms with Gasteiger partial charge in [-0.1, -0.05) is 32.0 Å². The quantitative estimate of drug-likeness (QED) is 0.507. The molecule has 0 amide bonds. The second-order valence-electron chi connectivity index (χ2n) is 5.61. The molecule has 0 saturated heterocycles. The van der Waals surface area contributed by atoms with Gasteiger partial charge < -0.3 is 20.6 Å². The summed E-state index contributed by atoms with van der Waals surface area (Å²) in [5.41, 5.74) is 0. The second-order valence-corrected chi connectivity index (χ2v) is 6.72. The summed E-state index contributed by atoms with van der Waals surface area (Å²) in [4.78, 5) is 7.54. The third-order valence-corrected chi connectivity index (χ3v) is 5.29. The summed E-state index contributed by atoms with van der Waals surface area (Å²) in [5, 5.41) is 18.1. The Balaban J connectivity index is 1.81. The fourth-order valence-electron chi connectivity index (χ4n) is 2.55. The van der Waals surface area contributed by atoms with E-state index in [1.165, 1.54) is 10.1 Å². The van der Waals surface area contributed by atoms with Gasteiger partial charge in [-0.2, -0.15) is 0 Å². The van der Waals surface area contributed by atoms with Crippen LogP contribution in [0.1, 0.15) is 24.8 Å². The van der Waals surface area contributed by atoms with Crippen LogP contribution in [-0.4, -0.2) is 55.7 Å². The van der Waals surface area contributed by atoms with Crippen LogP contribution in [-0.2, 0) is 0 Å². The van der Waals surface area contributed by atoms with Gasteiger partial charge in [-0.05, 0) is 30.6 Å². The van der Waals surface area contributed by atoms with Gasteiger partial charge in [0.2, 0.25) is 0 Å². The number of nitrogens with one attached hydrogen (secondary N) is 2. The molecule has 6 heteroatoms. The van der Waals surface area contributed by atoms with E-state index < -0.39 is 6.10 Å². The lowest BCUT2D eigenvalue weighted by Gasteiger charge is -2.19. The van der Waals surface area contributed by atoms with Crippen LogP contribution in [0, 0.1) is 0 Å². The van der Waals surface area contributed by atoms with Crippen molar-refractivity contribution >= 4 is 27.4 Å². The molecule has 3 N–H and O–H groups in total. The van der Waals surface area contributed by atoms with E-state index in [1.54, 1.807) is 18.4 Å². The number of fused-ring (bicyclic) bond motifs is 1. The maximum Gasteiger partial charge on any atom is 0.191 e. The highest BCUT2D eigenvalue weighted by Gasteiger charge is 2.12. The van der Waals surface area contributed by atoms with E-state index in [0.29, 0.717) is 6.54 Å². The molecular weight excluding hydrogens is 320 g/mol. The molecule has 0 spiro atoms. The number of aliphatic imine (C=N–C) groups is 1. The van der Waals surface area contributed by atoms with Crippen molar-refractivity contribution in [3.05, 3.63) is 35.2 Å². The van der Waals surface area contributed by atoms with Crippen molar-refractivity contribution in [1.82, 2.24) is 15.5 Å². The Bertz CT molecular complexity index is 618. The molecule has 0 aliphatic heterocycles. The first-order chi connectivity index (χ1) is 11.7. The monoisotopic (exact) mass is 348 g/mol. The number of rotatable bonds is 8. The van der Waals surface area contributed by atoms with E-state index in [0.717, 1.165) is 37.0 Å². The third-order valence-electron chi connectivity index (χ3n) is 4.07. The molecule has 1 atom stereocenters. The molecule has 1 heterocycles. The average Bonchev–Trinajstić information content (AvgIpc) is 3.05. The number of benzene rings is 1. The molecule has 0 aliphatic rings. The van der Waals surface area contributed by atoms with Crippen LogP contribution in [0.3, 0.4) is 0 Å². The van der Waals surface area contributed by atoms with Crippen molar-refractivity contribution in [3.63, 3.8) is 0 Å². The van der Waals surface area contributed by atoms with E-state index in [-0.39, 0.29) is 0 Å². The zero-order valence-corrected chi connectivity index (χ0v) is 15.6. The SMILES string of the molecule is CCN(CC)CCNC(=NC)NCC(O)c1cc2ccccc2s1. The first kappa shape index (κ1) is 18.7. The number of nitrogens with zero attached hydrogens (tertiary/aromatic N) is 2. The average molecular weight is 349 g/mol. The Morgan fingerprint density at radius 1 is 1.25 bits per heavy atom. The lowest BCUT2D eigenvalue weighted by Crippen LogP contribution is -2.42. The summed E-state index contributed by atoms with van der Waals surface area (Å²) >= 11 is 1.64. The largest absolute Gasteiger partial charge is 0.386 e. The van der Waals surface area contributed by atoms with Crippen molar-refractivity contribution in [2.75, 3.05) is 39.8 Å². The second kappa shape index (κ2) is 9.61. The summed E-state index contributed by atoms with van der Waals surface area (Å²) < 4.78 is 1.20. The Morgan fingerprint density at radius 3 is 2.67 bits per heavy atom. The summed E-state index contributed by atoms with van der Waals surface area (Å²) in [5.74, 6) is 0.724. The van der Waals surface area contributed by atoms with Gasteiger partial charge in [0.1, 0.15) is 6.10 Å². The van der Waals surface area contributed by atoms with E-state index in [2.05, 4.69) is 52.6 Å². The van der Waals surface area contributed by atoms with Gasteiger partial charge in [0.15, 0.2) is 5.96 Å². The molecule has 0 saturated carbocycles. The molecule has 0 bridgehead atoms. The van der Waals surface area contributed by atoms with Crippen LogP contribution in [0.15, 0.2) is 35.3 Å².